The quantitative estimate of drug-likeness (QED) is 0.191. The Morgan fingerprint density at radius 1 is 1.03 bits per heavy atom. The van der Waals surface area contributed by atoms with Crippen LogP contribution >= 0.6 is 11.3 Å². The standard InChI is InChI=1S/C24H18FN3O2S/c1-2-16-7-9-17(10-8-16)22-23(18-11-13-20(14-12-18)28(29)30)31-24(27-22)26-15-19-5-3-4-6-21(19)25/h3-15H,2H2,1H3. The van der Waals surface area contributed by atoms with E-state index in [1.807, 2.05) is 12.1 Å². The van der Waals surface area contributed by atoms with Crippen molar-refractivity contribution >= 4 is 28.4 Å². The van der Waals surface area contributed by atoms with Gasteiger partial charge in [-0.2, -0.15) is 0 Å². The number of thiazole rings is 1. The van der Waals surface area contributed by atoms with E-state index in [-0.39, 0.29) is 11.5 Å². The van der Waals surface area contributed by atoms with Crippen LogP contribution in [0.1, 0.15) is 18.1 Å². The SMILES string of the molecule is CCc1ccc(-c2nc(N=Cc3ccccc3F)sc2-c2ccc([N+](=O)[O-])cc2)cc1. The van der Waals surface area contributed by atoms with Gasteiger partial charge in [-0.3, -0.25) is 10.1 Å². The van der Waals surface area contributed by atoms with Gasteiger partial charge in [0.25, 0.3) is 5.69 Å². The van der Waals surface area contributed by atoms with Gasteiger partial charge in [0.15, 0.2) is 0 Å². The van der Waals surface area contributed by atoms with E-state index in [1.165, 1.54) is 41.3 Å². The summed E-state index contributed by atoms with van der Waals surface area (Å²) in [6.45, 7) is 2.09. The zero-order valence-corrected chi connectivity index (χ0v) is 17.5. The van der Waals surface area contributed by atoms with Crippen LogP contribution in [0, 0.1) is 15.9 Å². The van der Waals surface area contributed by atoms with Gasteiger partial charge in [0, 0.05) is 29.5 Å². The van der Waals surface area contributed by atoms with Crippen LogP contribution in [0.3, 0.4) is 0 Å². The molecule has 0 aliphatic rings. The molecule has 0 saturated heterocycles. The van der Waals surface area contributed by atoms with Crippen molar-refractivity contribution < 1.29 is 9.31 Å². The number of aromatic nitrogens is 1. The van der Waals surface area contributed by atoms with Crippen molar-refractivity contribution in [2.75, 3.05) is 0 Å². The van der Waals surface area contributed by atoms with Crippen molar-refractivity contribution in [1.82, 2.24) is 4.98 Å². The van der Waals surface area contributed by atoms with E-state index in [2.05, 4.69) is 29.0 Å². The van der Waals surface area contributed by atoms with Gasteiger partial charge in [0.1, 0.15) is 5.82 Å². The zero-order valence-electron chi connectivity index (χ0n) is 16.7. The molecule has 0 radical (unpaired) electrons. The molecule has 154 valence electrons. The van der Waals surface area contributed by atoms with Gasteiger partial charge in [0.05, 0.1) is 15.5 Å². The lowest BCUT2D eigenvalue weighted by atomic mass is 10.0. The van der Waals surface area contributed by atoms with Gasteiger partial charge in [-0.15, -0.1) is 0 Å². The van der Waals surface area contributed by atoms with Gasteiger partial charge in [-0.05, 0) is 35.7 Å². The lowest BCUT2D eigenvalue weighted by molar-refractivity contribution is -0.384. The molecule has 1 heterocycles. The summed E-state index contributed by atoms with van der Waals surface area (Å²) in [7, 11) is 0. The monoisotopic (exact) mass is 431 g/mol. The summed E-state index contributed by atoms with van der Waals surface area (Å²) in [6.07, 6.45) is 2.39. The Morgan fingerprint density at radius 2 is 1.71 bits per heavy atom. The highest BCUT2D eigenvalue weighted by Gasteiger charge is 2.16. The molecule has 4 rings (SSSR count). The fourth-order valence-electron chi connectivity index (χ4n) is 3.09. The minimum absolute atomic E-state index is 0.0277. The minimum Gasteiger partial charge on any atom is -0.258 e. The fraction of sp³-hybridized carbons (Fsp3) is 0.0833. The Morgan fingerprint density at radius 3 is 2.35 bits per heavy atom. The number of nitro groups is 1. The molecule has 31 heavy (non-hydrogen) atoms. The van der Waals surface area contributed by atoms with E-state index in [4.69, 9.17) is 0 Å². The van der Waals surface area contributed by atoms with Crippen molar-refractivity contribution in [2.24, 2.45) is 4.99 Å². The van der Waals surface area contributed by atoms with Gasteiger partial charge in [-0.25, -0.2) is 14.4 Å². The number of hydrogen-bond donors (Lipinski definition) is 0. The molecule has 1 aromatic heterocycles. The first-order chi connectivity index (χ1) is 15.0. The van der Waals surface area contributed by atoms with Crippen LogP contribution in [0.25, 0.3) is 21.7 Å². The van der Waals surface area contributed by atoms with Crippen LogP contribution in [0.15, 0.2) is 77.8 Å². The molecule has 0 bridgehead atoms. The lowest BCUT2D eigenvalue weighted by Crippen LogP contribution is -1.88. The third-order valence-electron chi connectivity index (χ3n) is 4.81. The smallest absolute Gasteiger partial charge is 0.258 e. The Bertz CT molecular complexity index is 1250. The first-order valence-corrected chi connectivity index (χ1v) is 10.5. The normalized spacial score (nSPS) is 11.2. The third-order valence-corrected chi connectivity index (χ3v) is 5.82. The van der Waals surface area contributed by atoms with E-state index >= 15 is 0 Å². The molecule has 0 saturated carbocycles. The average Bonchev–Trinajstić information content (AvgIpc) is 3.23. The van der Waals surface area contributed by atoms with E-state index in [9.17, 15) is 14.5 Å². The Kier molecular flexibility index (Phi) is 5.95. The largest absolute Gasteiger partial charge is 0.269 e. The molecular formula is C24H18FN3O2S. The van der Waals surface area contributed by atoms with Crippen LogP contribution in [0.5, 0.6) is 0 Å². The highest BCUT2D eigenvalue weighted by atomic mass is 32.1. The van der Waals surface area contributed by atoms with Gasteiger partial charge >= 0.3 is 0 Å². The first-order valence-electron chi connectivity index (χ1n) is 9.68. The van der Waals surface area contributed by atoms with E-state index < -0.39 is 4.92 Å². The number of halogens is 1. The van der Waals surface area contributed by atoms with Crippen LogP contribution in [-0.2, 0) is 6.42 Å². The second-order valence-electron chi connectivity index (χ2n) is 6.81. The summed E-state index contributed by atoms with van der Waals surface area (Å²) >= 11 is 1.36. The van der Waals surface area contributed by atoms with Gasteiger partial charge in [-0.1, -0.05) is 60.7 Å². The molecule has 0 unspecified atom stereocenters. The number of nitro benzene ring substituents is 1. The molecule has 0 amide bonds. The van der Waals surface area contributed by atoms with Crippen molar-refractivity contribution in [3.8, 4) is 21.7 Å². The topological polar surface area (TPSA) is 68.4 Å². The fourth-order valence-corrected chi connectivity index (χ4v) is 4.03. The van der Waals surface area contributed by atoms with Crippen molar-refractivity contribution in [2.45, 2.75) is 13.3 Å². The average molecular weight is 431 g/mol. The Hall–Kier alpha value is -3.71. The van der Waals surface area contributed by atoms with E-state index in [1.54, 1.807) is 30.3 Å². The number of benzene rings is 3. The number of non-ortho nitro benzene ring substituents is 1. The zero-order chi connectivity index (χ0) is 21.8. The van der Waals surface area contributed by atoms with Crippen LogP contribution in [0.2, 0.25) is 0 Å². The number of aryl methyl sites for hydroxylation is 1. The van der Waals surface area contributed by atoms with Crippen molar-refractivity contribution in [3.05, 3.63) is 99.9 Å². The molecule has 3 aromatic carbocycles. The molecule has 0 aliphatic heterocycles. The Labute approximate surface area is 182 Å². The molecule has 0 N–H and O–H groups in total. The maximum absolute atomic E-state index is 13.9. The summed E-state index contributed by atoms with van der Waals surface area (Å²) in [5.41, 5.74) is 4.10. The molecule has 0 atom stereocenters. The maximum Gasteiger partial charge on any atom is 0.269 e. The van der Waals surface area contributed by atoms with Gasteiger partial charge < -0.3 is 0 Å². The molecular weight excluding hydrogens is 413 g/mol. The minimum atomic E-state index is -0.426. The van der Waals surface area contributed by atoms with E-state index in [0.717, 1.165) is 28.1 Å². The summed E-state index contributed by atoms with van der Waals surface area (Å²) in [6, 6.07) is 20.9. The summed E-state index contributed by atoms with van der Waals surface area (Å²) in [4.78, 5) is 20.5. The lowest BCUT2D eigenvalue weighted by Gasteiger charge is -2.04. The van der Waals surface area contributed by atoms with Crippen molar-refractivity contribution in [1.29, 1.82) is 0 Å². The van der Waals surface area contributed by atoms with Crippen LogP contribution in [0.4, 0.5) is 15.2 Å². The van der Waals surface area contributed by atoms with Crippen molar-refractivity contribution in [3.63, 3.8) is 0 Å². The predicted octanol–water partition coefficient (Wildman–Crippen LogP) is 6.84. The molecule has 0 fully saturated rings. The second kappa shape index (κ2) is 8.97. The van der Waals surface area contributed by atoms with Crippen LogP contribution in [-0.4, -0.2) is 16.1 Å². The molecule has 7 heteroatoms. The predicted molar refractivity (Wildman–Crippen MR) is 123 cm³/mol. The van der Waals surface area contributed by atoms with Gasteiger partial charge in [0.2, 0.25) is 5.13 Å². The molecule has 5 nitrogen and oxygen atoms in total. The second-order valence-corrected chi connectivity index (χ2v) is 7.79. The van der Waals surface area contributed by atoms with Crippen LogP contribution < -0.4 is 0 Å². The maximum atomic E-state index is 13.9. The summed E-state index contributed by atoms with van der Waals surface area (Å²) < 4.78 is 13.9. The third kappa shape index (κ3) is 4.57. The molecule has 0 spiro atoms. The number of aliphatic imine (C=N–C) groups is 1. The molecule has 0 aliphatic carbocycles. The number of hydrogen-bond acceptors (Lipinski definition) is 5. The summed E-state index contributed by atoms with van der Waals surface area (Å²) in [5, 5.41) is 11.5. The van der Waals surface area contributed by atoms with E-state index in [0.29, 0.717) is 10.7 Å². The molecule has 4 aromatic rings. The highest BCUT2D eigenvalue weighted by molar-refractivity contribution is 7.19. The summed E-state index contributed by atoms with van der Waals surface area (Å²) in [5.74, 6) is -0.353. The first kappa shape index (κ1) is 20.6. The number of nitrogens with zero attached hydrogens (tertiary/aromatic N) is 3. The highest BCUT2D eigenvalue weighted by Crippen LogP contribution is 2.40. The number of rotatable bonds is 6. The Balaban J connectivity index is 1.77.